The first-order valence-corrected chi connectivity index (χ1v) is 8.73. The topological polar surface area (TPSA) is 75.8 Å². The third kappa shape index (κ3) is 4.29. The van der Waals surface area contributed by atoms with E-state index in [0.717, 1.165) is 6.07 Å². The number of rotatable bonds is 7. The molecule has 0 saturated carbocycles. The summed E-state index contributed by atoms with van der Waals surface area (Å²) in [7, 11) is 1.53. The zero-order valence-electron chi connectivity index (χ0n) is 14.8. The first-order chi connectivity index (χ1) is 12.3. The molecule has 0 bridgehead atoms. The molecule has 1 aromatic rings. The molecule has 0 aliphatic carbocycles. The van der Waals surface area contributed by atoms with Gasteiger partial charge in [0.05, 0.1) is 6.04 Å². The van der Waals surface area contributed by atoms with Crippen molar-refractivity contribution in [2.75, 3.05) is 20.3 Å². The lowest BCUT2D eigenvalue weighted by Gasteiger charge is -2.45. The fraction of sp³-hybridized carbons (Fsp3) is 0.611. The van der Waals surface area contributed by atoms with Crippen LogP contribution in [0.3, 0.4) is 0 Å². The molecule has 8 heteroatoms. The van der Waals surface area contributed by atoms with Crippen molar-refractivity contribution >= 4 is 6.03 Å². The first-order valence-electron chi connectivity index (χ1n) is 8.73. The normalized spacial score (nSPS) is 20.0. The van der Waals surface area contributed by atoms with Crippen molar-refractivity contribution in [3.05, 3.63) is 35.1 Å². The second-order valence-corrected chi connectivity index (χ2v) is 6.67. The standard InChI is InChI=1S/C18H25F3N2O3/c1-26-9-5-3-7-18(25,13-10-12(19)11-14(20)16(13)21)15-6-2-4-8-23(15)17(22)24/h10-11,15,25H,2-9H2,1H3,(H2,22,24)/t15?,18-/m0/s1. The van der Waals surface area contributed by atoms with Crippen molar-refractivity contribution in [2.24, 2.45) is 5.73 Å². The molecule has 2 amide bonds. The van der Waals surface area contributed by atoms with Crippen LogP contribution < -0.4 is 5.73 Å². The number of unbranched alkanes of at least 4 members (excludes halogenated alkanes) is 1. The molecular formula is C18H25F3N2O3. The number of primary amides is 1. The number of halogens is 3. The summed E-state index contributed by atoms with van der Waals surface area (Å²) in [5.74, 6) is -3.68. The summed E-state index contributed by atoms with van der Waals surface area (Å²) < 4.78 is 47.0. The third-order valence-corrected chi connectivity index (χ3v) is 4.95. The highest BCUT2D eigenvalue weighted by Gasteiger charge is 2.46. The molecule has 0 aromatic heterocycles. The lowest BCUT2D eigenvalue weighted by Crippen LogP contribution is -2.57. The highest BCUT2D eigenvalue weighted by Crippen LogP contribution is 2.40. The number of methoxy groups -OCH3 is 1. The molecule has 2 atom stereocenters. The minimum absolute atomic E-state index is 0.0185. The number of benzene rings is 1. The van der Waals surface area contributed by atoms with Gasteiger partial charge in [0.15, 0.2) is 11.6 Å². The van der Waals surface area contributed by atoms with Crippen LogP contribution in [0.4, 0.5) is 18.0 Å². The van der Waals surface area contributed by atoms with Gasteiger partial charge in [-0.25, -0.2) is 18.0 Å². The molecule has 26 heavy (non-hydrogen) atoms. The van der Waals surface area contributed by atoms with Gasteiger partial charge in [-0.05, 0) is 44.6 Å². The number of aliphatic hydroxyl groups is 1. The lowest BCUT2D eigenvalue weighted by molar-refractivity contribution is -0.0631. The molecular weight excluding hydrogens is 349 g/mol. The third-order valence-electron chi connectivity index (χ3n) is 4.95. The van der Waals surface area contributed by atoms with Gasteiger partial charge >= 0.3 is 6.03 Å². The van der Waals surface area contributed by atoms with Crippen LogP contribution in [0.2, 0.25) is 0 Å². The van der Waals surface area contributed by atoms with Crippen LogP contribution in [-0.2, 0) is 10.3 Å². The van der Waals surface area contributed by atoms with Crippen molar-refractivity contribution < 1.29 is 27.8 Å². The zero-order valence-corrected chi connectivity index (χ0v) is 14.8. The molecule has 0 radical (unpaired) electrons. The molecule has 1 fully saturated rings. The van der Waals surface area contributed by atoms with E-state index < -0.39 is 40.7 Å². The Morgan fingerprint density at radius 1 is 1.35 bits per heavy atom. The minimum Gasteiger partial charge on any atom is -0.385 e. The van der Waals surface area contributed by atoms with E-state index in [1.165, 1.54) is 12.0 Å². The molecule has 1 aromatic carbocycles. The summed E-state index contributed by atoms with van der Waals surface area (Å²) in [4.78, 5) is 13.1. The van der Waals surface area contributed by atoms with Crippen molar-refractivity contribution in [3.63, 3.8) is 0 Å². The van der Waals surface area contributed by atoms with Gasteiger partial charge in [-0.3, -0.25) is 0 Å². The van der Waals surface area contributed by atoms with Gasteiger partial charge in [0.1, 0.15) is 11.4 Å². The quantitative estimate of drug-likeness (QED) is 0.569. The Kier molecular flexibility index (Phi) is 6.88. The highest BCUT2D eigenvalue weighted by atomic mass is 19.2. The van der Waals surface area contributed by atoms with E-state index in [1.807, 2.05) is 0 Å². The molecule has 5 nitrogen and oxygen atoms in total. The van der Waals surface area contributed by atoms with Gasteiger partial charge in [0.25, 0.3) is 0 Å². The van der Waals surface area contributed by atoms with Crippen molar-refractivity contribution in [3.8, 4) is 0 Å². The molecule has 1 aliphatic heterocycles. The lowest BCUT2D eigenvalue weighted by atomic mass is 9.77. The second kappa shape index (κ2) is 8.73. The molecule has 146 valence electrons. The fourth-order valence-electron chi connectivity index (χ4n) is 3.68. The Labute approximate surface area is 150 Å². The SMILES string of the molecule is COCCCC[C@](O)(c1cc(F)cc(F)c1F)C1CCCCN1C(N)=O. The zero-order chi connectivity index (χ0) is 19.3. The second-order valence-electron chi connectivity index (χ2n) is 6.67. The monoisotopic (exact) mass is 374 g/mol. The number of carbonyl (C=O) groups is 1. The highest BCUT2D eigenvalue weighted by molar-refractivity contribution is 5.72. The summed E-state index contributed by atoms with van der Waals surface area (Å²) in [6.07, 6.45) is 2.76. The molecule has 1 unspecified atom stereocenters. The minimum atomic E-state index is -1.95. The number of carbonyl (C=O) groups excluding carboxylic acids is 1. The van der Waals surface area contributed by atoms with Gasteiger partial charge in [-0.1, -0.05) is 0 Å². The van der Waals surface area contributed by atoms with Crippen LogP contribution in [-0.4, -0.2) is 42.3 Å². The van der Waals surface area contributed by atoms with E-state index in [1.54, 1.807) is 0 Å². The predicted molar refractivity (Wildman–Crippen MR) is 89.9 cm³/mol. The summed E-state index contributed by atoms with van der Waals surface area (Å²) in [6, 6.07) is -0.381. The molecule has 1 heterocycles. The van der Waals surface area contributed by atoms with Crippen molar-refractivity contribution in [1.29, 1.82) is 0 Å². The van der Waals surface area contributed by atoms with Gasteiger partial charge in [-0.15, -0.1) is 0 Å². The Balaban J connectivity index is 2.46. The predicted octanol–water partition coefficient (Wildman–Crippen LogP) is 3.04. The van der Waals surface area contributed by atoms with Gasteiger partial charge in [0, 0.05) is 31.9 Å². The van der Waals surface area contributed by atoms with E-state index in [9.17, 15) is 23.1 Å². The van der Waals surface area contributed by atoms with Crippen molar-refractivity contribution in [1.82, 2.24) is 4.90 Å². The van der Waals surface area contributed by atoms with E-state index in [-0.39, 0.29) is 6.42 Å². The largest absolute Gasteiger partial charge is 0.385 e. The molecule has 1 saturated heterocycles. The summed E-state index contributed by atoms with van der Waals surface area (Å²) >= 11 is 0. The number of nitrogens with two attached hydrogens (primary N) is 1. The molecule has 2 rings (SSSR count). The first kappa shape index (κ1) is 20.5. The summed E-state index contributed by atoms with van der Waals surface area (Å²) in [5, 5.41) is 11.4. The number of likely N-dealkylation sites (tertiary alicyclic amines) is 1. The van der Waals surface area contributed by atoms with Gasteiger partial charge in [-0.2, -0.15) is 0 Å². The van der Waals surface area contributed by atoms with Crippen LogP contribution in [0, 0.1) is 17.5 Å². The van der Waals surface area contributed by atoms with Gasteiger partial charge in [0.2, 0.25) is 0 Å². The van der Waals surface area contributed by atoms with E-state index in [2.05, 4.69) is 0 Å². The Morgan fingerprint density at radius 2 is 2.08 bits per heavy atom. The van der Waals surface area contributed by atoms with E-state index >= 15 is 0 Å². The van der Waals surface area contributed by atoms with Crippen molar-refractivity contribution in [2.45, 2.75) is 50.2 Å². The number of hydrogen-bond donors (Lipinski definition) is 2. The summed E-state index contributed by atoms with van der Waals surface area (Å²) in [6.45, 7) is 0.736. The molecule has 0 spiro atoms. The number of amides is 2. The van der Waals surface area contributed by atoms with Crippen LogP contribution in [0.5, 0.6) is 0 Å². The number of piperidine rings is 1. The number of urea groups is 1. The number of nitrogens with zero attached hydrogens (tertiary/aromatic N) is 1. The Hall–Kier alpha value is -1.80. The fourth-order valence-corrected chi connectivity index (χ4v) is 3.68. The maximum atomic E-state index is 14.5. The average Bonchev–Trinajstić information content (AvgIpc) is 2.61. The van der Waals surface area contributed by atoms with Crippen LogP contribution >= 0.6 is 0 Å². The van der Waals surface area contributed by atoms with Crippen LogP contribution in [0.15, 0.2) is 12.1 Å². The van der Waals surface area contributed by atoms with Gasteiger partial charge < -0.3 is 20.5 Å². The number of hydrogen-bond acceptors (Lipinski definition) is 3. The average molecular weight is 374 g/mol. The Bertz CT molecular complexity index is 644. The smallest absolute Gasteiger partial charge is 0.315 e. The maximum absolute atomic E-state index is 14.5. The Morgan fingerprint density at radius 3 is 2.73 bits per heavy atom. The van der Waals surface area contributed by atoms with E-state index in [0.29, 0.717) is 51.3 Å². The number of ether oxygens (including phenoxy) is 1. The molecule has 1 aliphatic rings. The maximum Gasteiger partial charge on any atom is 0.315 e. The molecule has 3 N–H and O–H groups in total. The van der Waals surface area contributed by atoms with E-state index in [4.69, 9.17) is 10.5 Å². The van der Waals surface area contributed by atoms with Crippen LogP contribution in [0.25, 0.3) is 0 Å². The summed E-state index contributed by atoms with van der Waals surface area (Å²) in [5.41, 5.74) is 2.99. The van der Waals surface area contributed by atoms with Crippen LogP contribution in [0.1, 0.15) is 44.1 Å².